The molecule has 2 aromatic carbocycles. The number of nitrogens with one attached hydrogen (secondary N) is 1. The fourth-order valence-corrected chi connectivity index (χ4v) is 4.27. The minimum Gasteiger partial charge on any atom is -0.425 e. The Hall–Kier alpha value is -2.97. The molecule has 30 heavy (non-hydrogen) atoms. The molecule has 0 radical (unpaired) electrons. The smallest absolute Gasteiger partial charge is 0.336 e. The zero-order valence-electron chi connectivity index (χ0n) is 17.2. The van der Waals surface area contributed by atoms with E-state index in [2.05, 4.69) is 4.72 Å². The summed E-state index contributed by atoms with van der Waals surface area (Å²) in [5, 5.41) is 0.766. The van der Waals surface area contributed by atoms with Crippen molar-refractivity contribution in [3.63, 3.8) is 0 Å². The summed E-state index contributed by atoms with van der Waals surface area (Å²) in [6, 6.07) is 9.93. The van der Waals surface area contributed by atoms with Gasteiger partial charge in [-0.25, -0.2) is 18.0 Å². The van der Waals surface area contributed by atoms with Gasteiger partial charge in [0.05, 0.1) is 4.90 Å². The molecule has 0 saturated heterocycles. The van der Waals surface area contributed by atoms with Crippen molar-refractivity contribution >= 4 is 27.0 Å². The van der Waals surface area contributed by atoms with Crippen LogP contribution in [0.15, 0.2) is 56.6 Å². The van der Waals surface area contributed by atoms with E-state index in [9.17, 15) is 18.0 Å². The molecule has 1 aromatic heterocycles. The molecule has 8 heteroatoms. The van der Waals surface area contributed by atoms with Gasteiger partial charge in [0.25, 0.3) is 0 Å². The van der Waals surface area contributed by atoms with Crippen molar-refractivity contribution in [3.05, 3.63) is 69.6 Å². The van der Waals surface area contributed by atoms with Crippen molar-refractivity contribution < 1.29 is 22.4 Å². The first-order valence-corrected chi connectivity index (χ1v) is 11.0. The summed E-state index contributed by atoms with van der Waals surface area (Å²) in [6.07, 6.45) is 0.651. The van der Waals surface area contributed by atoms with Crippen LogP contribution < -0.4 is 15.1 Å². The first-order chi connectivity index (χ1) is 14.1. The third kappa shape index (κ3) is 4.44. The average molecular weight is 429 g/mol. The van der Waals surface area contributed by atoms with Gasteiger partial charge >= 0.3 is 11.6 Å². The van der Waals surface area contributed by atoms with Gasteiger partial charge in [0.1, 0.15) is 17.4 Å². The second-order valence-electron chi connectivity index (χ2n) is 7.09. The lowest BCUT2D eigenvalue weighted by Gasteiger charge is -2.15. The van der Waals surface area contributed by atoms with Gasteiger partial charge < -0.3 is 9.15 Å². The molecule has 0 aliphatic rings. The highest BCUT2D eigenvalue weighted by Crippen LogP contribution is 2.29. The van der Waals surface area contributed by atoms with E-state index in [1.807, 2.05) is 13.8 Å². The predicted molar refractivity (Wildman–Crippen MR) is 113 cm³/mol. The fraction of sp³-hybridized carbons (Fsp3) is 0.273. The van der Waals surface area contributed by atoms with Crippen molar-refractivity contribution in [2.24, 2.45) is 0 Å². The molecule has 1 N–H and O–H groups in total. The molecule has 0 aliphatic heterocycles. The number of sulfonamides is 1. The molecule has 0 fully saturated rings. The summed E-state index contributed by atoms with van der Waals surface area (Å²) in [4.78, 5) is 24.4. The minimum absolute atomic E-state index is 0.0588. The Morgan fingerprint density at radius 3 is 2.43 bits per heavy atom. The Morgan fingerprint density at radius 1 is 1.13 bits per heavy atom. The van der Waals surface area contributed by atoms with Crippen molar-refractivity contribution in [3.8, 4) is 5.75 Å². The number of carbonyl (C=O) groups is 1. The maximum Gasteiger partial charge on any atom is 0.336 e. The molecule has 0 unspecified atom stereocenters. The molecule has 3 rings (SSSR count). The Morgan fingerprint density at radius 2 is 1.80 bits per heavy atom. The van der Waals surface area contributed by atoms with Crippen LogP contribution in [-0.2, 0) is 21.2 Å². The summed E-state index contributed by atoms with van der Waals surface area (Å²) < 4.78 is 38.0. The number of hydrogen-bond acceptors (Lipinski definition) is 6. The summed E-state index contributed by atoms with van der Waals surface area (Å²) in [5.74, 6) is -0.576. The third-order valence-electron chi connectivity index (χ3n) is 4.81. The van der Waals surface area contributed by atoms with Gasteiger partial charge in [0.2, 0.25) is 10.0 Å². The number of esters is 1. The van der Waals surface area contributed by atoms with E-state index < -0.39 is 27.7 Å². The van der Waals surface area contributed by atoms with E-state index in [1.165, 1.54) is 25.1 Å². The topological polar surface area (TPSA) is 103 Å². The molecular weight excluding hydrogens is 406 g/mol. The highest BCUT2D eigenvalue weighted by atomic mass is 32.2. The highest BCUT2D eigenvalue weighted by molar-refractivity contribution is 7.89. The first-order valence-electron chi connectivity index (χ1n) is 9.49. The van der Waals surface area contributed by atoms with Crippen molar-refractivity contribution in [1.82, 2.24) is 4.72 Å². The van der Waals surface area contributed by atoms with E-state index in [-0.39, 0.29) is 10.6 Å². The molecule has 158 valence electrons. The fourth-order valence-electron chi connectivity index (χ4n) is 3.07. The van der Waals surface area contributed by atoms with Crippen LogP contribution in [0.2, 0.25) is 0 Å². The standard InChI is InChI=1S/C22H23NO6S/c1-5-16-12-20(24)29-21-14(3)19(11-10-18(16)21)28-22(25)15(4)23-30(26,27)17-8-6-13(2)7-9-17/h6-12,15,23H,5H2,1-4H3/t15-/m1/s1. The quantitative estimate of drug-likeness (QED) is 0.367. The van der Waals surface area contributed by atoms with Gasteiger partial charge in [-0.2, -0.15) is 4.72 Å². The van der Waals surface area contributed by atoms with Gasteiger partial charge in [-0.05, 0) is 57.0 Å². The Labute approximate surface area is 174 Å². The molecule has 1 heterocycles. The lowest BCUT2D eigenvalue weighted by atomic mass is 10.0. The number of fused-ring (bicyclic) bond motifs is 1. The predicted octanol–water partition coefficient (Wildman–Crippen LogP) is 3.24. The van der Waals surface area contributed by atoms with Crippen LogP contribution in [0.3, 0.4) is 0 Å². The monoisotopic (exact) mass is 429 g/mol. The van der Waals surface area contributed by atoms with Crippen LogP contribution in [0.4, 0.5) is 0 Å². The SMILES string of the molecule is CCc1cc(=O)oc2c(C)c(OC(=O)[C@@H](C)NS(=O)(=O)c3ccc(C)cc3)ccc12. The second-order valence-corrected chi connectivity index (χ2v) is 8.80. The first kappa shape index (κ1) is 21.7. The summed E-state index contributed by atoms with van der Waals surface area (Å²) in [7, 11) is -3.88. The molecule has 0 spiro atoms. The Bertz CT molecular complexity index is 1260. The van der Waals surface area contributed by atoms with Gasteiger partial charge in [-0.15, -0.1) is 0 Å². The van der Waals surface area contributed by atoms with E-state index in [0.29, 0.717) is 17.6 Å². The average Bonchev–Trinajstić information content (AvgIpc) is 2.69. The zero-order valence-corrected chi connectivity index (χ0v) is 18.0. The number of hydrogen-bond donors (Lipinski definition) is 1. The normalized spacial score (nSPS) is 12.7. The molecule has 0 saturated carbocycles. The summed E-state index contributed by atoms with van der Waals surface area (Å²) in [6.45, 7) is 6.86. The number of carbonyl (C=O) groups excluding carboxylic acids is 1. The largest absolute Gasteiger partial charge is 0.425 e. The minimum atomic E-state index is -3.88. The van der Waals surface area contributed by atoms with Crippen molar-refractivity contribution in [2.45, 2.75) is 45.1 Å². The van der Waals surface area contributed by atoms with Crippen LogP contribution in [-0.4, -0.2) is 20.4 Å². The summed E-state index contributed by atoms with van der Waals surface area (Å²) in [5.41, 5.74) is 2.11. The second kappa shape index (κ2) is 8.41. The molecule has 0 aliphatic carbocycles. The Kier molecular flexibility index (Phi) is 6.09. The molecular formula is C22H23NO6S. The van der Waals surface area contributed by atoms with Crippen molar-refractivity contribution in [2.75, 3.05) is 0 Å². The van der Waals surface area contributed by atoms with E-state index in [0.717, 1.165) is 16.5 Å². The van der Waals surface area contributed by atoms with Crippen molar-refractivity contribution in [1.29, 1.82) is 0 Å². The van der Waals surface area contributed by atoms with Gasteiger partial charge in [-0.3, -0.25) is 0 Å². The van der Waals surface area contributed by atoms with Crippen LogP contribution in [0.5, 0.6) is 5.75 Å². The molecule has 0 bridgehead atoms. The zero-order chi connectivity index (χ0) is 22.1. The maximum absolute atomic E-state index is 12.5. The van der Waals surface area contributed by atoms with Crippen LogP contribution in [0.25, 0.3) is 11.0 Å². The van der Waals surface area contributed by atoms with E-state index in [1.54, 1.807) is 31.2 Å². The molecule has 0 amide bonds. The molecule has 7 nitrogen and oxygen atoms in total. The van der Waals surface area contributed by atoms with E-state index in [4.69, 9.17) is 9.15 Å². The third-order valence-corrected chi connectivity index (χ3v) is 6.36. The number of benzene rings is 2. The van der Waals surface area contributed by atoms with Crippen LogP contribution in [0, 0.1) is 13.8 Å². The Balaban J connectivity index is 1.83. The number of rotatable bonds is 6. The summed E-state index contributed by atoms with van der Waals surface area (Å²) >= 11 is 0. The number of aryl methyl sites for hydroxylation is 3. The van der Waals surface area contributed by atoms with Gasteiger partial charge in [0, 0.05) is 17.0 Å². The lowest BCUT2D eigenvalue weighted by molar-refractivity contribution is -0.135. The van der Waals surface area contributed by atoms with Crippen LogP contribution >= 0.6 is 0 Å². The lowest BCUT2D eigenvalue weighted by Crippen LogP contribution is -2.40. The van der Waals surface area contributed by atoms with Gasteiger partial charge in [0.15, 0.2) is 0 Å². The molecule has 3 aromatic rings. The molecule has 1 atom stereocenters. The van der Waals surface area contributed by atoms with Gasteiger partial charge in [-0.1, -0.05) is 24.6 Å². The van der Waals surface area contributed by atoms with Crippen LogP contribution in [0.1, 0.15) is 30.5 Å². The number of ether oxygens (including phenoxy) is 1. The highest BCUT2D eigenvalue weighted by Gasteiger charge is 2.24. The van der Waals surface area contributed by atoms with E-state index >= 15 is 0 Å². The maximum atomic E-state index is 12.5.